The fourth-order valence-corrected chi connectivity index (χ4v) is 2.54. The summed E-state index contributed by atoms with van der Waals surface area (Å²) in [4.78, 5) is 0. The molecule has 1 aromatic heterocycles. The van der Waals surface area contributed by atoms with Gasteiger partial charge in [0, 0.05) is 0 Å². The van der Waals surface area contributed by atoms with Crippen LogP contribution in [0.4, 0.5) is 5.69 Å². The Balaban J connectivity index is 1.88. The minimum Gasteiger partial charge on any atom is -0.394 e. The second kappa shape index (κ2) is 5.78. The van der Waals surface area contributed by atoms with E-state index in [0.29, 0.717) is 16.7 Å². The lowest BCUT2D eigenvalue weighted by Crippen LogP contribution is -2.61. The van der Waals surface area contributed by atoms with Gasteiger partial charge in [-0.15, -0.1) is 0 Å². The molecule has 2 heterocycles. The molecule has 5 N–H and O–H groups in total. The highest BCUT2D eigenvalue weighted by atomic mass is 16.6. The SMILES string of the molecule is Cc1ccc(N[C@@H]2C(O)[C@@H](O)C(CO)O[C@@H]2O)c2nonc12. The fraction of sp³-hybridized carbons (Fsp3) is 0.538. The Morgan fingerprint density at radius 1 is 1.14 bits per heavy atom. The van der Waals surface area contributed by atoms with Gasteiger partial charge in [-0.2, -0.15) is 0 Å². The molecule has 5 atom stereocenters. The van der Waals surface area contributed by atoms with Crippen LogP contribution in [0.15, 0.2) is 16.8 Å². The number of hydrogen-bond donors (Lipinski definition) is 5. The first-order valence-electron chi connectivity index (χ1n) is 6.82. The topological polar surface area (TPSA) is 141 Å². The van der Waals surface area contributed by atoms with E-state index < -0.39 is 37.3 Å². The van der Waals surface area contributed by atoms with Crippen molar-refractivity contribution < 1.29 is 29.8 Å². The van der Waals surface area contributed by atoms with Crippen molar-refractivity contribution in [3.05, 3.63) is 17.7 Å². The molecule has 120 valence electrons. The maximum Gasteiger partial charge on any atom is 0.178 e. The molecule has 9 nitrogen and oxygen atoms in total. The Morgan fingerprint density at radius 3 is 2.59 bits per heavy atom. The van der Waals surface area contributed by atoms with Gasteiger partial charge in [0.25, 0.3) is 0 Å². The van der Waals surface area contributed by atoms with Gasteiger partial charge in [0.05, 0.1) is 12.3 Å². The molecule has 2 unspecified atom stereocenters. The number of fused-ring (bicyclic) bond motifs is 1. The molecule has 0 spiro atoms. The molecule has 1 aliphatic rings. The Hall–Kier alpha value is -1.78. The highest BCUT2D eigenvalue weighted by molar-refractivity contribution is 5.89. The van der Waals surface area contributed by atoms with E-state index in [1.807, 2.05) is 6.92 Å². The standard InChI is InChI=1S/C13H17N3O6/c1-5-2-3-6(9-8(5)15-22-16-9)14-10-12(19)11(18)7(4-17)21-13(10)20/h2-3,7,10-14,17-20H,4H2,1H3/t7?,10-,11+,12?,13+/m1/s1. The van der Waals surface area contributed by atoms with Gasteiger partial charge >= 0.3 is 0 Å². The number of nitrogens with one attached hydrogen (secondary N) is 1. The van der Waals surface area contributed by atoms with Crippen molar-refractivity contribution in [1.29, 1.82) is 0 Å². The molecular weight excluding hydrogens is 294 g/mol. The van der Waals surface area contributed by atoms with E-state index >= 15 is 0 Å². The molecule has 22 heavy (non-hydrogen) atoms. The maximum absolute atomic E-state index is 10.1. The zero-order valence-electron chi connectivity index (χ0n) is 11.7. The van der Waals surface area contributed by atoms with Gasteiger partial charge in [-0.05, 0) is 28.9 Å². The zero-order chi connectivity index (χ0) is 15.9. The lowest BCUT2D eigenvalue weighted by atomic mass is 9.96. The first-order valence-corrected chi connectivity index (χ1v) is 6.82. The van der Waals surface area contributed by atoms with Gasteiger partial charge in [0.15, 0.2) is 11.8 Å². The third-order valence-electron chi connectivity index (χ3n) is 3.84. The van der Waals surface area contributed by atoms with Gasteiger partial charge in [0.1, 0.15) is 29.9 Å². The van der Waals surface area contributed by atoms with Crippen molar-refractivity contribution in [2.24, 2.45) is 0 Å². The first-order chi connectivity index (χ1) is 10.5. The predicted octanol–water partition coefficient (Wildman–Crippen LogP) is -1.26. The number of ether oxygens (including phenoxy) is 1. The number of aliphatic hydroxyl groups is 4. The number of anilines is 1. The largest absolute Gasteiger partial charge is 0.394 e. The summed E-state index contributed by atoms with van der Waals surface area (Å²) in [6.07, 6.45) is -5.12. The second-order valence-electron chi connectivity index (χ2n) is 5.29. The van der Waals surface area contributed by atoms with Gasteiger partial charge in [0.2, 0.25) is 0 Å². The Kier molecular flexibility index (Phi) is 3.98. The van der Waals surface area contributed by atoms with Crippen LogP contribution in [0.25, 0.3) is 11.0 Å². The zero-order valence-corrected chi connectivity index (χ0v) is 11.7. The van der Waals surface area contributed by atoms with E-state index in [0.717, 1.165) is 5.56 Å². The Bertz CT molecular complexity index is 662. The van der Waals surface area contributed by atoms with Gasteiger partial charge in [-0.3, -0.25) is 0 Å². The Morgan fingerprint density at radius 2 is 1.86 bits per heavy atom. The van der Waals surface area contributed by atoms with Crippen molar-refractivity contribution in [2.75, 3.05) is 11.9 Å². The van der Waals surface area contributed by atoms with Crippen LogP contribution < -0.4 is 5.32 Å². The number of hydrogen-bond acceptors (Lipinski definition) is 9. The molecule has 0 bridgehead atoms. The van der Waals surface area contributed by atoms with E-state index in [4.69, 9.17) is 14.5 Å². The van der Waals surface area contributed by atoms with Crippen LogP contribution in [0.5, 0.6) is 0 Å². The molecule has 1 aromatic carbocycles. The van der Waals surface area contributed by atoms with Crippen molar-refractivity contribution in [3.63, 3.8) is 0 Å². The van der Waals surface area contributed by atoms with Crippen LogP contribution in [0, 0.1) is 6.92 Å². The van der Waals surface area contributed by atoms with Gasteiger partial charge in [-0.1, -0.05) is 6.07 Å². The van der Waals surface area contributed by atoms with E-state index in [1.165, 1.54) is 0 Å². The summed E-state index contributed by atoms with van der Waals surface area (Å²) in [7, 11) is 0. The number of nitrogens with zero attached hydrogens (tertiary/aromatic N) is 2. The van der Waals surface area contributed by atoms with Crippen molar-refractivity contribution in [2.45, 2.75) is 37.6 Å². The van der Waals surface area contributed by atoms with E-state index in [2.05, 4.69) is 15.6 Å². The van der Waals surface area contributed by atoms with Crippen LogP contribution in [0.1, 0.15) is 5.56 Å². The van der Waals surface area contributed by atoms with E-state index in [-0.39, 0.29) is 0 Å². The summed E-state index contributed by atoms with van der Waals surface area (Å²) in [5, 5.41) is 49.5. The lowest BCUT2D eigenvalue weighted by molar-refractivity contribution is -0.245. The third kappa shape index (κ3) is 2.42. The van der Waals surface area contributed by atoms with Crippen LogP contribution in [-0.4, -0.2) is 68.0 Å². The molecule has 0 saturated carbocycles. The maximum atomic E-state index is 10.1. The molecule has 9 heteroatoms. The molecule has 2 aromatic rings. The highest BCUT2D eigenvalue weighted by Gasteiger charge is 2.43. The van der Waals surface area contributed by atoms with E-state index in [9.17, 15) is 15.3 Å². The summed E-state index contributed by atoms with van der Waals surface area (Å²) < 4.78 is 9.80. The smallest absolute Gasteiger partial charge is 0.178 e. The highest BCUT2D eigenvalue weighted by Crippen LogP contribution is 2.27. The summed E-state index contributed by atoms with van der Waals surface area (Å²) in [6, 6.07) is 2.48. The summed E-state index contributed by atoms with van der Waals surface area (Å²) in [5.74, 6) is 0. The average Bonchev–Trinajstić information content (AvgIpc) is 3.00. The number of rotatable bonds is 3. The third-order valence-corrected chi connectivity index (χ3v) is 3.84. The van der Waals surface area contributed by atoms with Crippen LogP contribution in [0.2, 0.25) is 0 Å². The summed E-state index contributed by atoms with van der Waals surface area (Å²) >= 11 is 0. The van der Waals surface area contributed by atoms with Gasteiger partial charge in [-0.25, -0.2) is 4.63 Å². The molecule has 1 aliphatic heterocycles. The molecule has 0 aliphatic carbocycles. The second-order valence-corrected chi connectivity index (χ2v) is 5.29. The minimum absolute atomic E-state index is 0.443. The Labute approximate surface area is 125 Å². The van der Waals surface area contributed by atoms with Crippen LogP contribution >= 0.6 is 0 Å². The monoisotopic (exact) mass is 311 g/mol. The lowest BCUT2D eigenvalue weighted by Gasteiger charge is -2.40. The molecule has 0 amide bonds. The van der Waals surface area contributed by atoms with Gasteiger partial charge < -0.3 is 30.5 Å². The number of benzene rings is 1. The van der Waals surface area contributed by atoms with Crippen LogP contribution in [0.3, 0.4) is 0 Å². The fourth-order valence-electron chi connectivity index (χ4n) is 2.54. The molecule has 3 rings (SSSR count). The molecule has 1 saturated heterocycles. The first kappa shape index (κ1) is 15.1. The number of aromatic nitrogens is 2. The quantitative estimate of drug-likeness (QED) is 0.469. The van der Waals surface area contributed by atoms with Crippen molar-refractivity contribution in [3.8, 4) is 0 Å². The minimum atomic E-state index is -1.41. The molecular formula is C13H17N3O6. The van der Waals surface area contributed by atoms with Crippen LogP contribution in [-0.2, 0) is 4.74 Å². The van der Waals surface area contributed by atoms with E-state index in [1.54, 1.807) is 12.1 Å². The normalized spacial score (nSPS) is 32.3. The number of aryl methyl sites for hydroxylation is 1. The molecule has 0 radical (unpaired) electrons. The van der Waals surface area contributed by atoms with Crippen molar-refractivity contribution in [1.82, 2.24) is 10.3 Å². The van der Waals surface area contributed by atoms with Crippen molar-refractivity contribution >= 4 is 16.7 Å². The predicted molar refractivity (Wildman–Crippen MR) is 73.9 cm³/mol. The summed E-state index contributed by atoms with van der Waals surface area (Å²) in [6.45, 7) is 1.34. The molecule has 1 fully saturated rings. The average molecular weight is 311 g/mol. The number of aliphatic hydroxyl groups excluding tert-OH is 4. The summed E-state index contributed by atoms with van der Waals surface area (Å²) in [5.41, 5.74) is 2.34.